The molecule has 0 aromatic heterocycles. The van der Waals surface area contributed by atoms with Crippen molar-refractivity contribution in [1.82, 2.24) is 19.8 Å². The molecule has 0 unspecified atom stereocenters. The molecule has 0 spiro atoms. The lowest BCUT2D eigenvalue weighted by Crippen LogP contribution is -2.59. The van der Waals surface area contributed by atoms with Gasteiger partial charge in [-0.15, -0.1) is 0 Å². The highest BCUT2D eigenvalue weighted by Crippen LogP contribution is 2.29. The highest BCUT2D eigenvalue weighted by atomic mass is 32.2. The molecule has 0 bridgehead atoms. The topological polar surface area (TPSA) is 149 Å². The van der Waals surface area contributed by atoms with Crippen LogP contribution in [0.15, 0.2) is 29.2 Å². The largest absolute Gasteiger partial charge is 0.444 e. The molecule has 1 aromatic carbocycles. The molecule has 2 N–H and O–H groups in total. The van der Waals surface area contributed by atoms with Gasteiger partial charge in [0.15, 0.2) is 0 Å². The van der Waals surface area contributed by atoms with Gasteiger partial charge < -0.3 is 20.3 Å². The van der Waals surface area contributed by atoms with Crippen molar-refractivity contribution in [2.45, 2.75) is 68.9 Å². The molecule has 37 heavy (non-hydrogen) atoms. The number of ether oxygens (including phenoxy) is 1. The molecule has 1 saturated carbocycles. The summed E-state index contributed by atoms with van der Waals surface area (Å²) in [5.41, 5.74) is -1.50. The number of carbonyl (C=O) groups excluding carboxylic acids is 3. The number of benzene rings is 1. The summed E-state index contributed by atoms with van der Waals surface area (Å²) in [6.07, 6.45) is 2.98. The molecule has 2 aliphatic rings. The summed E-state index contributed by atoms with van der Waals surface area (Å²) in [5.74, 6) is -0.865. The van der Waals surface area contributed by atoms with Gasteiger partial charge in [-0.3, -0.25) is 9.59 Å². The lowest BCUT2D eigenvalue weighted by molar-refractivity contribution is -0.128. The minimum absolute atomic E-state index is 0.0360. The van der Waals surface area contributed by atoms with Crippen LogP contribution in [-0.2, 0) is 19.6 Å². The Kier molecular flexibility index (Phi) is 8.81. The highest BCUT2D eigenvalue weighted by Gasteiger charge is 2.41. The fourth-order valence-corrected chi connectivity index (χ4v) is 5.93. The molecule has 11 nitrogen and oxygen atoms in total. The molecule has 3 amide bonds. The molecule has 3 rings (SSSR count). The van der Waals surface area contributed by atoms with Crippen molar-refractivity contribution in [2.24, 2.45) is 0 Å². The Balaban J connectivity index is 1.65. The number of sulfonamides is 1. The van der Waals surface area contributed by atoms with E-state index in [0.29, 0.717) is 12.8 Å². The van der Waals surface area contributed by atoms with E-state index in [2.05, 4.69) is 10.6 Å². The van der Waals surface area contributed by atoms with E-state index in [1.807, 2.05) is 6.07 Å². The fraction of sp³-hybridized carbons (Fsp3) is 0.600. The Morgan fingerprint density at radius 2 is 1.62 bits per heavy atom. The summed E-state index contributed by atoms with van der Waals surface area (Å²) in [6, 6.07) is 7.45. The number of rotatable bonds is 6. The highest BCUT2D eigenvalue weighted by molar-refractivity contribution is 7.89. The zero-order valence-corrected chi connectivity index (χ0v) is 22.4. The van der Waals surface area contributed by atoms with E-state index in [4.69, 9.17) is 10.00 Å². The van der Waals surface area contributed by atoms with Crippen LogP contribution in [0.3, 0.4) is 0 Å². The number of hydrogen-bond donors (Lipinski definition) is 2. The summed E-state index contributed by atoms with van der Waals surface area (Å²) in [4.78, 5) is 39.5. The summed E-state index contributed by atoms with van der Waals surface area (Å²) in [7, 11) is -3.82. The van der Waals surface area contributed by atoms with E-state index in [1.165, 1.54) is 33.5 Å². The lowest BCUT2D eigenvalue weighted by atomic mass is 9.80. The van der Waals surface area contributed by atoms with Crippen LogP contribution in [0.5, 0.6) is 0 Å². The summed E-state index contributed by atoms with van der Waals surface area (Å²) in [5, 5.41) is 14.2. The van der Waals surface area contributed by atoms with Crippen LogP contribution in [0.2, 0.25) is 0 Å². The van der Waals surface area contributed by atoms with Gasteiger partial charge in [-0.05, 0) is 57.9 Å². The van der Waals surface area contributed by atoms with Gasteiger partial charge in [0.25, 0.3) is 5.91 Å². The average Bonchev–Trinajstić information content (AvgIpc) is 2.87. The van der Waals surface area contributed by atoms with Crippen LogP contribution in [-0.4, -0.2) is 79.4 Å². The molecular formula is C25H35N5O6S. The van der Waals surface area contributed by atoms with Gasteiger partial charge in [0.05, 0.1) is 11.0 Å². The summed E-state index contributed by atoms with van der Waals surface area (Å²) < 4.78 is 32.9. The lowest BCUT2D eigenvalue weighted by Gasteiger charge is -2.36. The van der Waals surface area contributed by atoms with E-state index < -0.39 is 33.2 Å². The zero-order chi connectivity index (χ0) is 27.3. The van der Waals surface area contributed by atoms with E-state index in [9.17, 15) is 22.8 Å². The first-order valence-electron chi connectivity index (χ1n) is 12.4. The molecule has 202 valence electrons. The molecule has 1 saturated heterocycles. The van der Waals surface area contributed by atoms with E-state index in [0.717, 1.165) is 19.3 Å². The van der Waals surface area contributed by atoms with E-state index >= 15 is 0 Å². The second-order valence-electron chi connectivity index (χ2n) is 10.3. The molecule has 1 aliphatic heterocycles. The molecule has 1 aromatic rings. The Morgan fingerprint density at radius 3 is 2.16 bits per heavy atom. The number of carbonyl (C=O) groups is 3. The maximum Gasteiger partial charge on any atom is 0.410 e. The third-order valence-corrected chi connectivity index (χ3v) is 8.38. The number of nitrogens with zero attached hydrogens (tertiary/aromatic N) is 3. The van der Waals surface area contributed by atoms with Gasteiger partial charge in [-0.1, -0.05) is 19.3 Å². The second-order valence-corrected chi connectivity index (χ2v) is 12.3. The molecule has 0 atom stereocenters. The van der Waals surface area contributed by atoms with Gasteiger partial charge in [0.1, 0.15) is 17.7 Å². The second kappa shape index (κ2) is 11.5. The first-order chi connectivity index (χ1) is 17.4. The Morgan fingerprint density at radius 1 is 1.03 bits per heavy atom. The predicted molar refractivity (Wildman–Crippen MR) is 135 cm³/mol. The van der Waals surface area contributed by atoms with Crippen LogP contribution in [0.4, 0.5) is 4.79 Å². The molecule has 1 heterocycles. The van der Waals surface area contributed by atoms with Crippen molar-refractivity contribution < 1.29 is 27.5 Å². The Bertz CT molecular complexity index is 1140. The number of nitrogens with one attached hydrogen (secondary N) is 2. The molecular weight excluding hydrogens is 498 g/mol. The number of amides is 3. The van der Waals surface area contributed by atoms with Crippen molar-refractivity contribution in [2.75, 3.05) is 32.7 Å². The minimum atomic E-state index is -3.82. The summed E-state index contributed by atoms with van der Waals surface area (Å²) in [6.45, 7) is 5.86. The van der Waals surface area contributed by atoms with Crippen LogP contribution in [0, 0.1) is 11.3 Å². The first-order valence-corrected chi connectivity index (χ1v) is 13.9. The van der Waals surface area contributed by atoms with Gasteiger partial charge in [0.2, 0.25) is 15.9 Å². The first kappa shape index (κ1) is 28.4. The van der Waals surface area contributed by atoms with Crippen LogP contribution >= 0.6 is 0 Å². The van der Waals surface area contributed by atoms with Gasteiger partial charge >= 0.3 is 6.09 Å². The molecule has 0 radical (unpaired) electrons. The molecule has 12 heteroatoms. The van der Waals surface area contributed by atoms with E-state index in [1.54, 1.807) is 20.8 Å². The number of hydrogen-bond acceptors (Lipinski definition) is 7. The van der Waals surface area contributed by atoms with Crippen molar-refractivity contribution >= 4 is 27.9 Å². The summed E-state index contributed by atoms with van der Waals surface area (Å²) >= 11 is 0. The number of nitriles is 1. The van der Waals surface area contributed by atoms with Gasteiger partial charge in [-0.2, -0.15) is 9.57 Å². The van der Waals surface area contributed by atoms with Crippen molar-refractivity contribution in [3.63, 3.8) is 0 Å². The van der Waals surface area contributed by atoms with Crippen LogP contribution in [0.25, 0.3) is 0 Å². The molecule has 2 fully saturated rings. The average molecular weight is 534 g/mol. The quantitative estimate of drug-likeness (QED) is 0.531. The van der Waals surface area contributed by atoms with Crippen LogP contribution < -0.4 is 10.6 Å². The van der Waals surface area contributed by atoms with E-state index in [-0.39, 0.29) is 49.1 Å². The third-order valence-electron chi connectivity index (χ3n) is 6.47. The van der Waals surface area contributed by atoms with Crippen LogP contribution in [0.1, 0.15) is 63.2 Å². The zero-order valence-electron chi connectivity index (χ0n) is 21.6. The minimum Gasteiger partial charge on any atom is -0.444 e. The molecule has 1 aliphatic carbocycles. The monoisotopic (exact) mass is 533 g/mol. The van der Waals surface area contributed by atoms with Crippen molar-refractivity contribution in [3.05, 3.63) is 29.8 Å². The maximum atomic E-state index is 13.1. The SMILES string of the molecule is CC(C)(C)OC(=O)N1CCN(S(=O)(=O)c2ccc(C(=O)NC3(C(=O)NCC#N)CCCCC3)cc2)CC1. The predicted octanol–water partition coefficient (Wildman–Crippen LogP) is 2.00. The normalized spacial score (nSPS) is 18.4. The third kappa shape index (κ3) is 6.99. The van der Waals surface area contributed by atoms with Gasteiger partial charge in [0, 0.05) is 31.7 Å². The van der Waals surface area contributed by atoms with Crippen molar-refractivity contribution in [1.29, 1.82) is 5.26 Å². The van der Waals surface area contributed by atoms with Crippen molar-refractivity contribution in [3.8, 4) is 6.07 Å². The Hall–Kier alpha value is -3.17. The standard InChI is InChI=1S/C25H35N5O6S/c1-24(2,3)36-23(33)29-15-17-30(18-16-29)37(34,35)20-9-7-19(8-10-20)21(31)28-25(11-5-4-6-12-25)22(32)27-14-13-26/h7-10H,4-6,11-12,14-18H2,1-3H3,(H,27,32)(H,28,31). The fourth-order valence-electron chi connectivity index (χ4n) is 4.51. The smallest absolute Gasteiger partial charge is 0.410 e. The maximum absolute atomic E-state index is 13.1. The van der Waals surface area contributed by atoms with Gasteiger partial charge in [-0.25, -0.2) is 13.2 Å². The Labute approximate surface area is 218 Å². The number of piperazine rings is 1.